The summed E-state index contributed by atoms with van der Waals surface area (Å²) in [6.45, 7) is 14.3. The van der Waals surface area contributed by atoms with Gasteiger partial charge in [0.25, 0.3) is 0 Å². The lowest BCUT2D eigenvalue weighted by molar-refractivity contribution is 0.0875. The molecule has 0 spiro atoms. The number of aliphatic hydroxyl groups is 1. The molecule has 120 valence electrons. The van der Waals surface area contributed by atoms with Gasteiger partial charge in [-0.3, -0.25) is 0 Å². The molecule has 0 fully saturated rings. The molecule has 2 N–H and O–H groups in total. The number of halogens is 1. The van der Waals surface area contributed by atoms with Gasteiger partial charge in [0, 0.05) is 41.4 Å². The highest BCUT2D eigenvalue weighted by atomic mass is 35.5. The molecule has 21 heavy (non-hydrogen) atoms. The number of nitrogens with zero attached hydrogens (tertiary/aromatic N) is 1. The van der Waals surface area contributed by atoms with Gasteiger partial charge in [-0.1, -0.05) is 17.7 Å². The van der Waals surface area contributed by atoms with Crippen molar-refractivity contribution in [3.05, 3.63) is 28.8 Å². The molecule has 0 amide bonds. The molecule has 0 heterocycles. The largest absolute Gasteiger partial charge is 0.389 e. The van der Waals surface area contributed by atoms with Gasteiger partial charge in [-0.2, -0.15) is 0 Å². The molecule has 0 saturated carbocycles. The Morgan fingerprint density at radius 2 is 1.81 bits per heavy atom. The van der Waals surface area contributed by atoms with Crippen LogP contribution >= 0.6 is 11.6 Å². The third kappa shape index (κ3) is 6.25. The smallest absolute Gasteiger partial charge is 0.0765 e. The van der Waals surface area contributed by atoms with Crippen molar-refractivity contribution >= 4 is 17.3 Å². The molecule has 0 saturated heterocycles. The first-order valence-corrected chi connectivity index (χ1v) is 7.91. The van der Waals surface area contributed by atoms with Crippen molar-refractivity contribution in [1.82, 2.24) is 5.32 Å². The molecule has 0 unspecified atom stereocenters. The van der Waals surface area contributed by atoms with Crippen LogP contribution in [-0.4, -0.2) is 29.3 Å². The van der Waals surface area contributed by atoms with Crippen LogP contribution in [0.3, 0.4) is 0 Å². The van der Waals surface area contributed by atoms with Gasteiger partial charge in [0.2, 0.25) is 0 Å². The van der Waals surface area contributed by atoms with Crippen LogP contribution in [0.15, 0.2) is 18.2 Å². The minimum atomic E-state index is -0.743. The van der Waals surface area contributed by atoms with E-state index in [1.807, 2.05) is 26.0 Å². The second-order valence-corrected chi connectivity index (χ2v) is 7.57. The normalized spacial score (nSPS) is 12.6. The average Bonchev–Trinajstić information content (AvgIpc) is 2.32. The Hall–Kier alpha value is -0.770. The van der Waals surface area contributed by atoms with Crippen LogP contribution in [-0.2, 0) is 6.54 Å². The van der Waals surface area contributed by atoms with E-state index in [1.54, 1.807) is 0 Å². The summed E-state index contributed by atoms with van der Waals surface area (Å²) in [5, 5.41) is 14.4. The Kier molecular flexibility index (Phi) is 6.09. The molecular formula is C17H29ClN2O. The minimum Gasteiger partial charge on any atom is -0.389 e. The number of rotatable bonds is 6. The Bertz CT molecular complexity index is 461. The summed E-state index contributed by atoms with van der Waals surface area (Å²) in [6, 6.07) is 5.95. The molecule has 0 aliphatic carbocycles. The third-order valence-corrected chi connectivity index (χ3v) is 3.54. The predicted molar refractivity (Wildman–Crippen MR) is 92.2 cm³/mol. The molecule has 4 heteroatoms. The Labute approximate surface area is 134 Å². The molecule has 0 atom stereocenters. The predicted octanol–water partition coefficient (Wildman–Crippen LogP) is 3.83. The fourth-order valence-corrected chi connectivity index (χ4v) is 2.44. The van der Waals surface area contributed by atoms with Crippen LogP contribution in [0.2, 0.25) is 5.02 Å². The van der Waals surface area contributed by atoms with E-state index < -0.39 is 5.60 Å². The van der Waals surface area contributed by atoms with Crippen molar-refractivity contribution in [2.45, 2.75) is 59.2 Å². The summed E-state index contributed by atoms with van der Waals surface area (Å²) in [4.78, 5) is 2.17. The van der Waals surface area contributed by atoms with Crippen molar-refractivity contribution in [2.75, 3.05) is 18.0 Å². The Morgan fingerprint density at radius 1 is 1.19 bits per heavy atom. The first-order chi connectivity index (χ1) is 9.53. The monoisotopic (exact) mass is 312 g/mol. The zero-order valence-corrected chi connectivity index (χ0v) is 14.9. The number of anilines is 1. The maximum atomic E-state index is 10.1. The molecule has 1 aromatic rings. The Morgan fingerprint density at radius 3 is 2.29 bits per heavy atom. The first kappa shape index (κ1) is 18.3. The van der Waals surface area contributed by atoms with Gasteiger partial charge in [0.05, 0.1) is 5.60 Å². The minimum absolute atomic E-state index is 0.0315. The van der Waals surface area contributed by atoms with Crippen molar-refractivity contribution in [1.29, 1.82) is 0 Å². The fraction of sp³-hybridized carbons (Fsp3) is 0.647. The van der Waals surface area contributed by atoms with Gasteiger partial charge in [0.1, 0.15) is 0 Å². The van der Waals surface area contributed by atoms with Crippen LogP contribution in [0, 0.1) is 0 Å². The zero-order valence-electron chi connectivity index (χ0n) is 14.1. The van der Waals surface area contributed by atoms with Gasteiger partial charge < -0.3 is 15.3 Å². The van der Waals surface area contributed by atoms with Crippen LogP contribution < -0.4 is 10.2 Å². The van der Waals surface area contributed by atoms with E-state index in [1.165, 1.54) is 0 Å². The lowest BCUT2D eigenvalue weighted by atomic mass is 10.1. The Balaban J connectivity index is 3.07. The van der Waals surface area contributed by atoms with E-state index in [0.717, 1.165) is 22.8 Å². The standard InChI is InChI=1S/C17H29ClN2O/c1-7-20(12-17(5,6)21)15-10-8-9-14(18)13(15)11-19-16(2,3)4/h8-10,19,21H,7,11-12H2,1-6H3. The molecule has 3 nitrogen and oxygen atoms in total. The molecular weight excluding hydrogens is 284 g/mol. The van der Waals surface area contributed by atoms with E-state index in [-0.39, 0.29) is 5.54 Å². The number of likely N-dealkylation sites (N-methyl/N-ethyl adjacent to an activating group) is 1. The zero-order chi connectivity index (χ0) is 16.3. The van der Waals surface area contributed by atoms with Gasteiger partial charge in [0.15, 0.2) is 0 Å². The molecule has 1 aromatic carbocycles. The van der Waals surface area contributed by atoms with E-state index >= 15 is 0 Å². The molecule has 0 aliphatic rings. The highest BCUT2D eigenvalue weighted by Gasteiger charge is 2.21. The van der Waals surface area contributed by atoms with Crippen LogP contribution in [0.4, 0.5) is 5.69 Å². The molecule has 0 bridgehead atoms. The van der Waals surface area contributed by atoms with Gasteiger partial charge in [-0.25, -0.2) is 0 Å². The number of hydrogen-bond acceptors (Lipinski definition) is 3. The van der Waals surface area contributed by atoms with Crippen LogP contribution in [0.1, 0.15) is 47.1 Å². The SMILES string of the molecule is CCN(CC(C)(C)O)c1cccc(Cl)c1CNC(C)(C)C. The maximum absolute atomic E-state index is 10.1. The van der Waals surface area contributed by atoms with E-state index in [2.05, 4.69) is 44.0 Å². The van der Waals surface area contributed by atoms with Crippen LogP contribution in [0.5, 0.6) is 0 Å². The summed E-state index contributed by atoms with van der Waals surface area (Å²) in [5.74, 6) is 0. The molecule has 0 aliphatic heterocycles. The highest BCUT2D eigenvalue weighted by Crippen LogP contribution is 2.29. The summed E-state index contributed by atoms with van der Waals surface area (Å²) in [7, 11) is 0. The lowest BCUT2D eigenvalue weighted by Crippen LogP contribution is -2.40. The maximum Gasteiger partial charge on any atom is 0.0765 e. The van der Waals surface area contributed by atoms with Crippen molar-refractivity contribution in [2.24, 2.45) is 0 Å². The van der Waals surface area contributed by atoms with Crippen molar-refractivity contribution in [3.63, 3.8) is 0 Å². The molecule has 0 radical (unpaired) electrons. The summed E-state index contributed by atoms with van der Waals surface area (Å²) >= 11 is 6.40. The topological polar surface area (TPSA) is 35.5 Å². The van der Waals surface area contributed by atoms with Gasteiger partial charge in [-0.05, 0) is 53.7 Å². The van der Waals surface area contributed by atoms with Crippen molar-refractivity contribution < 1.29 is 5.11 Å². The molecule has 0 aromatic heterocycles. The van der Waals surface area contributed by atoms with Crippen molar-refractivity contribution in [3.8, 4) is 0 Å². The van der Waals surface area contributed by atoms with Gasteiger partial charge >= 0.3 is 0 Å². The van der Waals surface area contributed by atoms with E-state index in [4.69, 9.17) is 11.6 Å². The average molecular weight is 313 g/mol. The highest BCUT2D eigenvalue weighted by molar-refractivity contribution is 6.31. The number of hydrogen-bond donors (Lipinski definition) is 2. The third-order valence-electron chi connectivity index (χ3n) is 3.19. The summed E-state index contributed by atoms with van der Waals surface area (Å²) in [5.41, 5.74) is 1.46. The van der Waals surface area contributed by atoms with Crippen LogP contribution in [0.25, 0.3) is 0 Å². The fourth-order valence-electron chi connectivity index (χ4n) is 2.21. The van der Waals surface area contributed by atoms with E-state index in [9.17, 15) is 5.11 Å². The summed E-state index contributed by atoms with van der Waals surface area (Å²) < 4.78 is 0. The second kappa shape index (κ2) is 6.99. The molecule has 1 rings (SSSR count). The van der Waals surface area contributed by atoms with E-state index in [0.29, 0.717) is 13.1 Å². The second-order valence-electron chi connectivity index (χ2n) is 7.17. The first-order valence-electron chi connectivity index (χ1n) is 7.53. The number of benzene rings is 1. The number of nitrogens with one attached hydrogen (secondary N) is 1. The quantitative estimate of drug-likeness (QED) is 0.838. The lowest BCUT2D eigenvalue weighted by Gasteiger charge is -2.32. The van der Waals surface area contributed by atoms with Gasteiger partial charge in [-0.15, -0.1) is 0 Å². The summed E-state index contributed by atoms with van der Waals surface area (Å²) in [6.07, 6.45) is 0.